The number of hydrogen-bond donors (Lipinski definition) is 0. The van der Waals surface area contributed by atoms with E-state index in [1.807, 2.05) is 32.0 Å². The van der Waals surface area contributed by atoms with Gasteiger partial charge in [0.15, 0.2) is 12.0 Å². The fourth-order valence-electron chi connectivity index (χ4n) is 1.46. The molecule has 2 rings (SSSR count). The maximum Gasteiger partial charge on any atom is 0.185 e. The second-order valence-electron chi connectivity index (χ2n) is 3.21. The van der Waals surface area contributed by atoms with Gasteiger partial charge in [0, 0.05) is 10.9 Å². The predicted molar refractivity (Wildman–Crippen MR) is 51.1 cm³/mol. The molecule has 0 atom stereocenters. The Morgan fingerprint density at radius 2 is 2.08 bits per heavy atom. The van der Waals surface area contributed by atoms with E-state index in [0.29, 0.717) is 5.76 Å². The minimum Gasteiger partial charge on any atom is -0.453 e. The van der Waals surface area contributed by atoms with Crippen molar-refractivity contribution >= 4 is 17.3 Å². The molecule has 0 radical (unpaired) electrons. The molecule has 1 aromatic carbocycles. The summed E-state index contributed by atoms with van der Waals surface area (Å²) < 4.78 is 5.36. The van der Waals surface area contributed by atoms with Gasteiger partial charge in [-0.3, -0.25) is 4.79 Å². The highest BCUT2D eigenvalue weighted by Crippen LogP contribution is 2.24. The van der Waals surface area contributed by atoms with Crippen LogP contribution < -0.4 is 0 Å². The van der Waals surface area contributed by atoms with E-state index >= 15 is 0 Å². The maximum atomic E-state index is 10.6. The second kappa shape index (κ2) is 2.73. The highest BCUT2D eigenvalue weighted by atomic mass is 16.3. The molecule has 0 N–H and O–H groups in total. The lowest BCUT2D eigenvalue weighted by Gasteiger charge is -1.90. The molecule has 1 heterocycles. The number of aldehydes is 1. The summed E-state index contributed by atoms with van der Waals surface area (Å²) in [6, 6.07) is 5.94. The summed E-state index contributed by atoms with van der Waals surface area (Å²) >= 11 is 0. The van der Waals surface area contributed by atoms with Gasteiger partial charge in [-0.15, -0.1) is 0 Å². The van der Waals surface area contributed by atoms with Crippen molar-refractivity contribution in [3.8, 4) is 0 Å². The first-order valence-electron chi connectivity index (χ1n) is 4.17. The minimum atomic E-state index is 0.431. The van der Waals surface area contributed by atoms with Crippen LogP contribution in [0.4, 0.5) is 0 Å². The van der Waals surface area contributed by atoms with Crippen LogP contribution in [-0.4, -0.2) is 6.29 Å². The van der Waals surface area contributed by atoms with Crippen molar-refractivity contribution in [2.24, 2.45) is 0 Å². The Kier molecular flexibility index (Phi) is 1.69. The quantitative estimate of drug-likeness (QED) is 0.622. The standard InChI is InChI=1S/C11H10O2/c1-7-3-4-9-8(2)11(6-12)13-10(9)5-7/h3-6H,1-2H3. The molecule has 0 fully saturated rings. The Labute approximate surface area is 76.2 Å². The smallest absolute Gasteiger partial charge is 0.185 e. The van der Waals surface area contributed by atoms with Crippen LogP contribution in [0.5, 0.6) is 0 Å². The number of rotatable bonds is 1. The van der Waals surface area contributed by atoms with Crippen LogP contribution in [0.1, 0.15) is 21.7 Å². The minimum absolute atomic E-state index is 0.431. The van der Waals surface area contributed by atoms with E-state index in [9.17, 15) is 4.79 Å². The summed E-state index contributed by atoms with van der Waals surface area (Å²) in [7, 11) is 0. The summed E-state index contributed by atoms with van der Waals surface area (Å²) in [5, 5.41) is 1.02. The second-order valence-corrected chi connectivity index (χ2v) is 3.21. The third kappa shape index (κ3) is 1.15. The van der Waals surface area contributed by atoms with Gasteiger partial charge in [-0.2, -0.15) is 0 Å². The zero-order valence-electron chi connectivity index (χ0n) is 7.63. The molecule has 0 saturated carbocycles. The van der Waals surface area contributed by atoms with E-state index in [1.165, 1.54) is 0 Å². The fraction of sp³-hybridized carbons (Fsp3) is 0.182. The molecule has 0 saturated heterocycles. The van der Waals surface area contributed by atoms with Gasteiger partial charge in [-0.25, -0.2) is 0 Å². The third-order valence-corrected chi connectivity index (χ3v) is 2.24. The highest BCUT2D eigenvalue weighted by molar-refractivity contribution is 5.89. The van der Waals surface area contributed by atoms with Crippen LogP contribution >= 0.6 is 0 Å². The Hall–Kier alpha value is -1.57. The average Bonchev–Trinajstić information content (AvgIpc) is 2.42. The van der Waals surface area contributed by atoms with Crippen LogP contribution in [0.15, 0.2) is 22.6 Å². The van der Waals surface area contributed by atoms with Crippen LogP contribution in [-0.2, 0) is 0 Å². The topological polar surface area (TPSA) is 30.2 Å². The Bertz CT molecular complexity index is 466. The van der Waals surface area contributed by atoms with Crippen LogP contribution in [0.3, 0.4) is 0 Å². The van der Waals surface area contributed by atoms with Gasteiger partial charge in [0.25, 0.3) is 0 Å². The van der Waals surface area contributed by atoms with E-state index in [-0.39, 0.29) is 0 Å². The van der Waals surface area contributed by atoms with Crippen LogP contribution in [0, 0.1) is 13.8 Å². The molecule has 0 unspecified atom stereocenters. The molecule has 0 amide bonds. The molecule has 0 aliphatic carbocycles. The van der Waals surface area contributed by atoms with Crippen molar-refractivity contribution in [2.45, 2.75) is 13.8 Å². The average molecular weight is 174 g/mol. The zero-order chi connectivity index (χ0) is 9.42. The summed E-state index contributed by atoms with van der Waals surface area (Å²) in [4.78, 5) is 10.6. The Morgan fingerprint density at radius 1 is 1.31 bits per heavy atom. The molecule has 66 valence electrons. The van der Waals surface area contributed by atoms with Crippen molar-refractivity contribution in [1.29, 1.82) is 0 Å². The van der Waals surface area contributed by atoms with Gasteiger partial charge in [0.2, 0.25) is 0 Å². The van der Waals surface area contributed by atoms with E-state index in [2.05, 4.69) is 0 Å². The maximum absolute atomic E-state index is 10.6. The van der Waals surface area contributed by atoms with E-state index < -0.39 is 0 Å². The lowest BCUT2D eigenvalue weighted by molar-refractivity contribution is 0.110. The summed E-state index contributed by atoms with van der Waals surface area (Å²) in [6.07, 6.45) is 0.755. The molecular formula is C11H10O2. The van der Waals surface area contributed by atoms with Crippen molar-refractivity contribution in [3.05, 3.63) is 35.1 Å². The van der Waals surface area contributed by atoms with Gasteiger partial charge in [0.1, 0.15) is 5.58 Å². The number of benzene rings is 1. The molecule has 0 aliphatic heterocycles. The van der Waals surface area contributed by atoms with Crippen molar-refractivity contribution in [3.63, 3.8) is 0 Å². The molecule has 1 aromatic heterocycles. The summed E-state index contributed by atoms with van der Waals surface area (Å²) in [6.45, 7) is 3.89. The molecular weight excluding hydrogens is 164 g/mol. The van der Waals surface area contributed by atoms with Gasteiger partial charge in [0.05, 0.1) is 0 Å². The van der Waals surface area contributed by atoms with E-state index in [1.54, 1.807) is 0 Å². The number of aryl methyl sites for hydroxylation is 2. The van der Waals surface area contributed by atoms with Gasteiger partial charge in [-0.05, 0) is 25.5 Å². The zero-order valence-corrected chi connectivity index (χ0v) is 7.63. The molecule has 2 nitrogen and oxygen atoms in total. The van der Waals surface area contributed by atoms with Crippen molar-refractivity contribution in [2.75, 3.05) is 0 Å². The number of fused-ring (bicyclic) bond motifs is 1. The van der Waals surface area contributed by atoms with Crippen LogP contribution in [0.2, 0.25) is 0 Å². The molecule has 2 heteroatoms. The van der Waals surface area contributed by atoms with E-state index in [0.717, 1.165) is 28.4 Å². The first-order valence-corrected chi connectivity index (χ1v) is 4.17. The first-order chi connectivity index (χ1) is 6.22. The Morgan fingerprint density at radius 3 is 2.77 bits per heavy atom. The lowest BCUT2D eigenvalue weighted by atomic mass is 10.1. The van der Waals surface area contributed by atoms with E-state index in [4.69, 9.17) is 4.42 Å². The monoisotopic (exact) mass is 174 g/mol. The first kappa shape index (κ1) is 8.05. The SMILES string of the molecule is Cc1ccc2c(C)c(C=O)oc2c1. The molecule has 0 aliphatic rings. The molecule has 13 heavy (non-hydrogen) atoms. The molecule has 0 bridgehead atoms. The molecule has 2 aromatic rings. The predicted octanol–water partition coefficient (Wildman–Crippen LogP) is 2.86. The fourth-order valence-corrected chi connectivity index (χ4v) is 1.46. The number of hydrogen-bond acceptors (Lipinski definition) is 2. The van der Waals surface area contributed by atoms with Crippen molar-refractivity contribution in [1.82, 2.24) is 0 Å². The van der Waals surface area contributed by atoms with Gasteiger partial charge >= 0.3 is 0 Å². The van der Waals surface area contributed by atoms with Crippen LogP contribution in [0.25, 0.3) is 11.0 Å². The van der Waals surface area contributed by atoms with Crippen molar-refractivity contribution < 1.29 is 9.21 Å². The van der Waals surface area contributed by atoms with Gasteiger partial charge in [-0.1, -0.05) is 12.1 Å². The summed E-state index contributed by atoms with van der Waals surface area (Å²) in [5.74, 6) is 0.431. The highest BCUT2D eigenvalue weighted by Gasteiger charge is 2.08. The third-order valence-electron chi connectivity index (χ3n) is 2.24. The van der Waals surface area contributed by atoms with Gasteiger partial charge < -0.3 is 4.42 Å². The number of furan rings is 1. The lowest BCUT2D eigenvalue weighted by Crippen LogP contribution is -1.76. The number of carbonyl (C=O) groups excluding carboxylic acids is 1. The number of carbonyl (C=O) groups is 1. The normalized spacial score (nSPS) is 10.6. The molecule has 0 spiro atoms. The largest absolute Gasteiger partial charge is 0.453 e. The Balaban J connectivity index is 2.83. The summed E-state index contributed by atoms with van der Waals surface area (Å²) in [5.41, 5.74) is 2.85.